The van der Waals surface area contributed by atoms with Crippen LogP contribution in [0.25, 0.3) is 11.0 Å². The molecule has 1 amide bonds. The van der Waals surface area contributed by atoms with Crippen LogP contribution in [0.1, 0.15) is 13.8 Å². The van der Waals surface area contributed by atoms with Gasteiger partial charge in [-0.15, -0.1) is 0 Å². The molecule has 112 valence electrons. The average Bonchev–Trinajstić information content (AvgIpc) is 2.88. The van der Waals surface area contributed by atoms with Crippen LogP contribution in [0.5, 0.6) is 5.75 Å². The lowest BCUT2D eigenvalue weighted by Crippen LogP contribution is -2.40. The largest absolute Gasteiger partial charge is 0.483 e. The molecule has 0 unspecified atom stereocenters. The molecule has 3 rings (SSSR count). The average molecular weight is 289 g/mol. The molecule has 0 fully saturated rings. The van der Waals surface area contributed by atoms with Crippen molar-refractivity contribution in [2.75, 3.05) is 37.7 Å². The maximum absolute atomic E-state index is 12.3. The lowest BCUT2D eigenvalue weighted by Gasteiger charge is -2.23. The Bertz CT molecular complexity index is 649. The van der Waals surface area contributed by atoms with E-state index < -0.39 is 0 Å². The molecule has 0 N–H and O–H groups in total. The summed E-state index contributed by atoms with van der Waals surface area (Å²) in [4.78, 5) is 16.2. The van der Waals surface area contributed by atoms with Crippen LogP contribution < -0.4 is 9.64 Å². The number of ether oxygens (including phenoxy) is 1. The molecule has 0 radical (unpaired) electrons. The van der Waals surface area contributed by atoms with Crippen LogP contribution in [0.3, 0.4) is 0 Å². The summed E-state index contributed by atoms with van der Waals surface area (Å²) < 4.78 is 10.9. The first-order valence-corrected chi connectivity index (χ1v) is 7.28. The lowest BCUT2D eigenvalue weighted by atomic mass is 10.2. The molecule has 0 saturated carbocycles. The SMILES string of the molecule is CCN(CC)CCN1C(=O)COc2cccc3onc1c23. The van der Waals surface area contributed by atoms with E-state index in [1.165, 1.54) is 0 Å². The third kappa shape index (κ3) is 2.47. The fraction of sp³-hybridized carbons (Fsp3) is 0.467. The van der Waals surface area contributed by atoms with Gasteiger partial charge in [-0.2, -0.15) is 0 Å². The van der Waals surface area contributed by atoms with Crippen LogP contribution in [0.2, 0.25) is 0 Å². The summed E-state index contributed by atoms with van der Waals surface area (Å²) in [5.41, 5.74) is 0.644. The maximum Gasteiger partial charge on any atom is 0.266 e. The van der Waals surface area contributed by atoms with Gasteiger partial charge in [0.1, 0.15) is 11.1 Å². The molecule has 0 aliphatic carbocycles. The normalized spacial score (nSPS) is 14.6. The zero-order chi connectivity index (χ0) is 14.8. The minimum Gasteiger partial charge on any atom is -0.483 e. The first kappa shape index (κ1) is 13.9. The van der Waals surface area contributed by atoms with Crippen LogP contribution in [0.4, 0.5) is 5.82 Å². The number of nitrogens with zero attached hydrogens (tertiary/aromatic N) is 3. The summed E-state index contributed by atoms with van der Waals surface area (Å²) >= 11 is 0. The van der Waals surface area contributed by atoms with E-state index in [1.54, 1.807) is 4.90 Å². The monoisotopic (exact) mass is 289 g/mol. The van der Waals surface area contributed by atoms with Gasteiger partial charge in [0.15, 0.2) is 18.0 Å². The van der Waals surface area contributed by atoms with Gasteiger partial charge in [0.25, 0.3) is 5.91 Å². The van der Waals surface area contributed by atoms with Crippen molar-refractivity contribution in [1.29, 1.82) is 0 Å². The van der Waals surface area contributed by atoms with E-state index in [0.29, 0.717) is 23.7 Å². The topological polar surface area (TPSA) is 58.8 Å². The molecule has 0 atom stereocenters. The van der Waals surface area contributed by atoms with Crippen molar-refractivity contribution in [2.24, 2.45) is 0 Å². The number of carbonyl (C=O) groups is 1. The fourth-order valence-electron chi connectivity index (χ4n) is 2.60. The lowest BCUT2D eigenvalue weighted by molar-refractivity contribution is -0.120. The van der Waals surface area contributed by atoms with Gasteiger partial charge in [0.2, 0.25) is 0 Å². The van der Waals surface area contributed by atoms with Crippen molar-refractivity contribution in [2.45, 2.75) is 13.8 Å². The van der Waals surface area contributed by atoms with Crippen molar-refractivity contribution >= 4 is 22.7 Å². The molecule has 2 aromatic rings. The molecule has 6 nitrogen and oxygen atoms in total. The Morgan fingerprint density at radius 1 is 1.33 bits per heavy atom. The molecule has 2 heterocycles. The number of anilines is 1. The number of rotatable bonds is 5. The molecule has 0 saturated heterocycles. The van der Waals surface area contributed by atoms with Crippen LogP contribution >= 0.6 is 0 Å². The summed E-state index contributed by atoms with van der Waals surface area (Å²) in [5, 5.41) is 4.86. The molecule has 1 aromatic heterocycles. The Hall–Kier alpha value is -2.08. The highest BCUT2D eigenvalue weighted by Crippen LogP contribution is 2.36. The number of hydrogen-bond donors (Lipinski definition) is 0. The first-order chi connectivity index (χ1) is 10.2. The Morgan fingerprint density at radius 2 is 2.14 bits per heavy atom. The molecule has 0 bridgehead atoms. The summed E-state index contributed by atoms with van der Waals surface area (Å²) in [6.45, 7) is 7.56. The minimum absolute atomic E-state index is 0.0354. The van der Waals surface area contributed by atoms with Gasteiger partial charge in [-0.1, -0.05) is 25.1 Å². The fourth-order valence-corrected chi connectivity index (χ4v) is 2.60. The molecule has 0 spiro atoms. The molecule has 1 aliphatic rings. The van der Waals surface area contributed by atoms with Gasteiger partial charge in [0, 0.05) is 13.1 Å². The van der Waals surface area contributed by atoms with E-state index in [4.69, 9.17) is 9.26 Å². The zero-order valence-electron chi connectivity index (χ0n) is 12.3. The highest BCUT2D eigenvalue weighted by molar-refractivity contribution is 6.05. The number of benzene rings is 1. The van der Waals surface area contributed by atoms with Gasteiger partial charge in [-0.25, -0.2) is 0 Å². The van der Waals surface area contributed by atoms with Crippen LogP contribution in [0.15, 0.2) is 22.7 Å². The Morgan fingerprint density at radius 3 is 2.90 bits per heavy atom. The number of carbonyl (C=O) groups excluding carboxylic acids is 1. The van der Waals surface area contributed by atoms with Gasteiger partial charge in [-0.05, 0) is 25.2 Å². The van der Waals surface area contributed by atoms with Crippen molar-refractivity contribution in [3.05, 3.63) is 18.2 Å². The van der Waals surface area contributed by atoms with Crippen molar-refractivity contribution in [3.8, 4) is 5.75 Å². The highest BCUT2D eigenvalue weighted by atomic mass is 16.5. The van der Waals surface area contributed by atoms with E-state index in [-0.39, 0.29) is 12.5 Å². The third-order valence-corrected chi connectivity index (χ3v) is 3.88. The number of hydrogen-bond acceptors (Lipinski definition) is 5. The molecular weight excluding hydrogens is 270 g/mol. The predicted octanol–water partition coefficient (Wildman–Crippen LogP) is 1.89. The molecule has 1 aromatic carbocycles. The van der Waals surface area contributed by atoms with E-state index in [0.717, 1.165) is 25.0 Å². The van der Waals surface area contributed by atoms with Gasteiger partial charge in [0.05, 0.1) is 0 Å². The van der Waals surface area contributed by atoms with Crippen molar-refractivity contribution in [3.63, 3.8) is 0 Å². The summed E-state index contributed by atoms with van der Waals surface area (Å²) in [7, 11) is 0. The highest BCUT2D eigenvalue weighted by Gasteiger charge is 2.28. The number of aromatic nitrogens is 1. The summed E-state index contributed by atoms with van der Waals surface area (Å²) in [6, 6.07) is 5.50. The van der Waals surface area contributed by atoms with Crippen molar-refractivity contribution in [1.82, 2.24) is 10.1 Å². The van der Waals surface area contributed by atoms with Gasteiger partial charge < -0.3 is 14.2 Å². The smallest absolute Gasteiger partial charge is 0.266 e. The van der Waals surface area contributed by atoms with Gasteiger partial charge >= 0.3 is 0 Å². The van der Waals surface area contributed by atoms with Crippen molar-refractivity contribution < 1.29 is 14.1 Å². The maximum atomic E-state index is 12.3. The second kappa shape index (κ2) is 5.73. The van der Waals surface area contributed by atoms with E-state index in [9.17, 15) is 4.79 Å². The second-order valence-corrected chi connectivity index (χ2v) is 5.00. The van der Waals surface area contributed by atoms with E-state index in [2.05, 4.69) is 23.9 Å². The Kier molecular flexibility index (Phi) is 3.79. The number of likely N-dealkylation sites (N-methyl/N-ethyl adjacent to an activating group) is 1. The molecule has 1 aliphatic heterocycles. The van der Waals surface area contributed by atoms with E-state index in [1.807, 2.05) is 18.2 Å². The third-order valence-electron chi connectivity index (χ3n) is 3.88. The second-order valence-electron chi connectivity index (χ2n) is 5.00. The molecular formula is C15H19N3O3. The van der Waals surface area contributed by atoms with Crippen LogP contribution in [-0.4, -0.2) is 48.7 Å². The minimum atomic E-state index is -0.0893. The summed E-state index contributed by atoms with van der Waals surface area (Å²) in [5.74, 6) is 1.13. The van der Waals surface area contributed by atoms with Crippen LogP contribution in [0, 0.1) is 0 Å². The van der Waals surface area contributed by atoms with E-state index >= 15 is 0 Å². The van der Waals surface area contributed by atoms with Gasteiger partial charge in [-0.3, -0.25) is 9.69 Å². The number of amides is 1. The molecule has 6 heteroatoms. The predicted molar refractivity (Wildman–Crippen MR) is 79.6 cm³/mol. The summed E-state index contributed by atoms with van der Waals surface area (Å²) in [6.07, 6.45) is 0. The molecule has 21 heavy (non-hydrogen) atoms. The zero-order valence-corrected chi connectivity index (χ0v) is 12.3. The Labute approximate surface area is 123 Å². The standard InChI is InChI=1S/C15H19N3O3/c1-3-17(4-2)8-9-18-13(19)10-20-11-6-5-7-12-14(11)15(18)16-21-12/h5-7H,3-4,8-10H2,1-2H3. The Balaban J connectivity index is 1.93. The quantitative estimate of drug-likeness (QED) is 0.841. The van der Waals surface area contributed by atoms with Crippen LogP contribution in [-0.2, 0) is 4.79 Å². The first-order valence-electron chi connectivity index (χ1n) is 7.28.